The number of nitrogens with one attached hydrogen (secondary N) is 1. The van der Waals surface area contributed by atoms with Gasteiger partial charge in [-0.05, 0) is 14.0 Å². The third kappa shape index (κ3) is 2.63. The van der Waals surface area contributed by atoms with Crippen LogP contribution in [0, 0.1) is 6.92 Å². The fraction of sp³-hybridized carbons (Fsp3) is 0.500. The molecule has 0 bridgehead atoms. The Hall–Kier alpha value is -0.960. The second-order valence-electron chi connectivity index (χ2n) is 2.50. The zero-order valence-corrected chi connectivity index (χ0v) is 6.96. The lowest BCUT2D eigenvalue weighted by atomic mass is 10.3. The molecule has 3 heteroatoms. The van der Waals surface area contributed by atoms with Crippen LogP contribution in [0.2, 0.25) is 0 Å². The van der Waals surface area contributed by atoms with Gasteiger partial charge in [-0.25, -0.2) is 0 Å². The minimum Gasteiger partial charge on any atom is -0.319 e. The number of nitrogens with zero attached hydrogens (tertiary/aromatic N) is 2. The number of aryl methyl sites for hydroxylation is 1. The van der Waals surface area contributed by atoms with Gasteiger partial charge in [0.25, 0.3) is 0 Å². The fourth-order valence-electron chi connectivity index (χ4n) is 0.801. The van der Waals surface area contributed by atoms with E-state index in [0.29, 0.717) is 0 Å². The molecule has 1 heterocycles. The number of rotatable bonds is 3. The van der Waals surface area contributed by atoms with Crippen LogP contribution < -0.4 is 5.32 Å². The summed E-state index contributed by atoms with van der Waals surface area (Å²) in [5.41, 5.74) is 2.02. The average Bonchev–Trinajstić information content (AvgIpc) is 2.04. The molecule has 0 radical (unpaired) electrons. The van der Waals surface area contributed by atoms with E-state index >= 15 is 0 Å². The van der Waals surface area contributed by atoms with Gasteiger partial charge in [0.2, 0.25) is 0 Å². The van der Waals surface area contributed by atoms with Gasteiger partial charge in [0, 0.05) is 25.4 Å². The lowest BCUT2D eigenvalue weighted by molar-refractivity contribution is 0.771. The first-order valence-electron chi connectivity index (χ1n) is 3.75. The SMILES string of the molecule is CNCCc1cnc(C)cn1. The van der Waals surface area contributed by atoms with E-state index in [4.69, 9.17) is 0 Å². The molecule has 1 aromatic heterocycles. The minimum atomic E-state index is 0.948. The van der Waals surface area contributed by atoms with Gasteiger partial charge >= 0.3 is 0 Å². The molecule has 11 heavy (non-hydrogen) atoms. The Bertz CT molecular complexity index is 205. The summed E-state index contributed by atoms with van der Waals surface area (Å²) in [5.74, 6) is 0. The lowest BCUT2D eigenvalue weighted by Crippen LogP contribution is -2.11. The van der Waals surface area contributed by atoms with Crippen LogP contribution in [0.15, 0.2) is 12.4 Å². The van der Waals surface area contributed by atoms with Crippen molar-refractivity contribution < 1.29 is 0 Å². The van der Waals surface area contributed by atoms with Crippen molar-refractivity contribution in [3.05, 3.63) is 23.8 Å². The number of hydrogen-bond donors (Lipinski definition) is 1. The standard InChI is InChI=1S/C8H13N3/c1-7-5-11-8(6-10-7)3-4-9-2/h5-6,9H,3-4H2,1-2H3. The quantitative estimate of drug-likeness (QED) is 0.685. The maximum Gasteiger partial charge on any atom is 0.0599 e. The Balaban J connectivity index is 2.52. The molecule has 0 aliphatic carbocycles. The predicted octanol–water partition coefficient (Wildman–Crippen LogP) is 0.547. The first kappa shape index (κ1) is 8.14. The van der Waals surface area contributed by atoms with E-state index in [-0.39, 0.29) is 0 Å². The van der Waals surface area contributed by atoms with Crippen molar-refractivity contribution in [1.82, 2.24) is 15.3 Å². The Morgan fingerprint density at radius 1 is 1.36 bits per heavy atom. The molecular weight excluding hydrogens is 138 g/mol. The molecule has 1 N–H and O–H groups in total. The molecule has 0 unspecified atom stereocenters. The maximum absolute atomic E-state index is 4.21. The molecule has 3 nitrogen and oxygen atoms in total. The summed E-state index contributed by atoms with van der Waals surface area (Å²) < 4.78 is 0. The minimum absolute atomic E-state index is 0.948. The van der Waals surface area contributed by atoms with Crippen LogP contribution in [0.4, 0.5) is 0 Å². The van der Waals surface area contributed by atoms with E-state index in [0.717, 1.165) is 24.4 Å². The van der Waals surface area contributed by atoms with Crippen LogP contribution in [-0.2, 0) is 6.42 Å². The van der Waals surface area contributed by atoms with Crippen LogP contribution in [0.1, 0.15) is 11.4 Å². The van der Waals surface area contributed by atoms with Gasteiger partial charge in [-0.1, -0.05) is 0 Å². The smallest absolute Gasteiger partial charge is 0.0599 e. The van der Waals surface area contributed by atoms with E-state index in [1.807, 2.05) is 20.2 Å². The van der Waals surface area contributed by atoms with Gasteiger partial charge in [0.15, 0.2) is 0 Å². The average molecular weight is 151 g/mol. The first-order valence-corrected chi connectivity index (χ1v) is 3.75. The molecule has 1 aromatic rings. The highest BCUT2D eigenvalue weighted by Crippen LogP contribution is 1.93. The molecule has 0 fully saturated rings. The molecule has 0 aromatic carbocycles. The molecule has 60 valence electrons. The fourth-order valence-corrected chi connectivity index (χ4v) is 0.801. The third-order valence-electron chi connectivity index (χ3n) is 1.47. The third-order valence-corrected chi connectivity index (χ3v) is 1.47. The summed E-state index contributed by atoms with van der Waals surface area (Å²) >= 11 is 0. The van der Waals surface area contributed by atoms with Gasteiger partial charge in [0.05, 0.1) is 11.4 Å². The summed E-state index contributed by atoms with van der Waals surface area (Å²) in [6.45, 7) is 2.90. The largest absolute Gasteiger partial charge is 0.319 e. The topological polar surface area (TPSA) is 37.8 Å². The summed E-state index contributed by atoms with van der Waals surface area (Å²) in [6.07, 6.45) is 4.57. The highest BCUT2D eigenvalue weighted by Gasteiger charge is 1.92. The summed E-state index contributed by atoms with van der Waals surface area (Å²) in [5, 5.41) is 3.06. The van der Waals surface area contributed by atoms with Gasteiger partial charge in [-0.15, -0.1) is 0 Å². The van der Waals surface area contributed by atoms with Gasteiger partial charge in [-0.3, -0.25) is 9.97 Å². The Morgan fingerprint density at radius 2 is 2.18 bits per heavy atom. The Kier molecular flexibility index (Phi) is 2.98. The van der Waals surface area contributed by atoms with Crippen LogP contribution >= 0.6 is 0 Å². The zero-order valence-electron chi connectivity index (χ0n) is 6.96. The highest BCUT2D eigenvalue weighted by atomic mass is 14.8. The second kappa shape index (κ2) is 4.03. The van der Waals surface area contributed by atoms with Crippen LogP contribution in [0.5, 0.6) is 0 Å². The molecular formula is C8H13N3. The van der Waals surface area contributed by atoms with E-state index in [2.05, 4.69) is 15.3 Å². The van der Waals surface area contributed by atoms with Crippen molar-refractivity contribution in [3.63, 3.8) is 0 Å². The van der Waals surface area contributed by atoms with Gasteiger partial charge in [-0.2, -0.15) is 0 Å². The van der Waals surface area contributed by atoms with E-state index < -0.39 is 0 Å². The molecule has 1 rings (SSSR count). The Morgan fingerprint density at radius 3 is 2.73 bits per heavy atom. The molecule has 0 spiro atoms. The first-order chi connectivity index (χ1) is 5.33. The van der Waals surface area contributed by atoms with Crippen LogP contribution in [-0.4, -0.2) is 23.6 Å². The Labute approximate surface area is 66.9 Å². The molecule has 0 aliphatic rings. The van der Waals surface area contributed by atoms with E-state index in [9.17, 15) is 0 Å². The van der Waals surface area contributed by atoms with Gasteiger partial charge in [0.1, 0.15) is 0 Å². The van der Waals surface area contributed by atoms with Crippen molar-refractivity contribution in [2.75, 3.05) is 13.6 Å². The number of hydrogen-bond acceptors (Lipinski definition) is 3. The molecule has 0 aliphatic heterocycles. The van der Waals surface area contributed by atoms with Crippen molar-refractivity contribution >= 4 is 0 Å². The lowest BCUT2D eigenvalue weighted by Gasteiger charge is -1.98. The second-order valence-corrected chi connectivity index (χ2v) is 2.50. The normalized spacial score (nSPS) is 10.0. The maximum atomic E-state index is 4.21. The molecule has 0 amide bonds. The highest BCUT2D eigenvalue weighted by molar-refractivity contribution is 5.00. The summed E-state index contributed by atoms with van der Waals surface area (Å²) in [7, 11) is 1.93. The van der Waals surface area contributed by atoms with Crippen molar-refractivity contribution in [2.24, 2.45) is 0 Å². The zero-order chi connectivity index (χ0) is 8.10. The monoisotopic (exact) mass is 151 g/mol. The molecule has 0 saturated carbocycles. The van der Waals surface area contributed by atoms with Crippen LogP contribution in [0.25, 0.3) is 0 Å². The summed E-state index contributed by atoms with van der Waals surface area (Å²) in [6, 6.07) is 0. The predicted molar refractivity (Wildman–Crippen MR) is 44.4 cm³/mol. The molecule has 0 atom stereocenters. The van der Waals surface area contributed by atoms with E-state index in [1.54, 1.807) is 6.20 Å². The van der Waals surface area contributed by atoms with E-state index in [1.165, 1.54) is 0 Å². The summed E-state index contributed by atoms with van der Waals surface area (Å²) in [4.78, 5) is 8.36. The molecule has 0 saturated heterocycles. The number of aromatic nitrogens is 2. The van der Waals surface area contributed by atoms with Gasteiger partial charge < -0.3 is 5.32 Å². The van der Waals surface area contributed by atoms with Crippen molar-refractivity contribution in [2.45, 2.75) is 13.3 Å². The van der Waals surface area contributed by atoms with Crippen molar-refractivity contribution in [1.29, 1.82) is 0 Å². The van der Waals surface area contributed by atoms with Crippen molar-refractivity contribution in [3.8, 4) is 0 Å². The van der Waals surface area contributed by atoms with Crippen LogP contribution in [0.3, 0.4) is 0 Å². The number of likely N-dealkylation sites (N-methyl/N-ethyl adjacent to an activating group) is 1.